The Morgan fingerprint density at radius 1 is 1.11 bits per heavy atom. The van der Waals surface area contributed by atoms with E-state index in [1.165, 1.54) is 0 Å². The lowest BCUT2D eigenvalue weighted by molar-refractivity contribution is 0.158. The van der Waals surface area contributed by atoms with Crippen molar-refractivity contribution in [3.63, 3.8) is 0 Å². The van der Waals surface area contributed by atoms with Crippen molar-refractivity contribution in [2.75, 3.05) is 31.4 Å². The molecule has 1 heterocycles. The maximum absolute atomic E-state index is 5.21. The molecule has 1 aromatic rings. The minimum absolute atomic E-state index is 0.0886. The third-order valence-corrected chi connectivity index (χ3v) is 2.62. The Morgan fingerprint density at radius 3 is 2.16 bits per heavy atom. The van der Waals surface area contributed by atoms with Crippen molar-refractivity contribution in [1.82, 2.24) is 9.97 Å². The second-order valence-electron chi connectivity index (χ2n) is 6.40. The summed E-state index contributed by atoms with van der Waals surface area (Å²) in [5.74, 6) is 2.44. The molecule has 0 spiro atoms. The van der Waals surface area contributed by atoms with E-state index in [1.54, 1.807) is 7.11 Å². The normalized spacial score (nSPS) is 12.4. The van der Waals surface area contributed by atoms with Gasteiger partial charge in [0.15, 0.2) is 0 Å². The zero-order valence-corrected chi connectivity index (χ0v) is 13.1. The van der Waals surface area contributed by atoms with Gasteiger partial charge in [-0.3, -0.25) is 0 Å². The van der Waals surface area contributed by atoms with E-state index in [0.717, 1.165) is 17.5 Å². The van der Waals surface area contributed by atoms with Gasteiger partial charge in [-0.1, -0.05) is 20.8 Å². The molecule has 0 fully saturated rings. The fraction of sp³-hybridized carbons (Fsp3) is 0.714. The molecule has 0 saturated carbocycles. The van der Waals surface area contributed by atoms with E-state index in [9.17, 15) is 0 Å². The molecule has 5 heteroatoms. The van der Waals surface area contributed by atoms with Crippen LogP contribution in [-0.2, 0) is 10.2 Å². The van der Waals surface area contributed by atoms with Crippen molar-refractivity contribution in [1.29, 1.82) is 0 Å². The molecule has 0 aliphatic heterocycles. The minimum atomic E-state index is -0.177. The van der Waals surface area contributed by atoms with Crippen LogP contribution in [0.4, 0.5) is 11.6 Å². The van der Waals surface area contributed by atoms with E-state index in [0.29, 0.717) is 6.61 Å². The van der Waals surface area contributed by atoms with Crippen LogP contribution in [0.25, 0.3) is 0 Å². The van der Waals surface area contributed by atoms with Gasteiger partial charge in [0, 0.05) is 25.6 Å². The third kappa shape index (κ3) is 4.67. The van der Waals surface area contributed by atoms with Gasteiger partial charge in [-0.05, 0) is 13.8 Å². The Balaban J connectivity index is 3.07. The molecule has 2 N–H and O–H groups in total. The summed E-state index contributed by atoms with van der Waals surface area (Å²) in [5, 5.41) is 6.47. The number of aromatic nitrogens is 2. The van der Waals surface area contributed by atoms with Gasteiger partial charge in [-0.2, -0.15) is 0 Å². The van der Waals surface area contributed by atoms with Crippen LogP contribution in [-0.4, -0.2) is 36.3 Å². The van der Waals surface area contributed by atoms with E-state index < -0.39 is 0 Å². The zero-order valence-electron chi connectivity index (χ0n) is 13.1. The van der Waals surface area contributed by atoms with Crippen LogP contribution in [0.3, 0.4) is 0 Å². The standard InChI is InChI=1S/C14H26N4O/c1-13(2,3)12-16-10(15-6)8-11(17-12)18-14(4,5)9-19-7/h8H,9H2,1-7H3,(H2,15,16,17,18). The van der Waals surface area contributed by atoms with Crippen LogP contribution in [0.2, 0.25) is 0 Å². The van der Waals surface area contributed by atoms with Crippen LogP contribution in [0.5, 0.6) is 0 Å². The Morgan fingerprint density at radius 2 is 1.68 bits per heavy atom. The van der Waals surface area contributed by atoms with E-state index in [4.69, 9.17) is 4.74 Å². The summed E-state index contributed by atoms with van der Waals surface area (Å²) in [5.41, 5.74) is -0.266. The molecular weight excluding hydrogens is 240 g/mol. The summed E-state index contributed by atoms with van der Waals surface area (Å²) >= 11 is 0. The first-order valence-electron chi connectivity index (χ1n) is 6.52. The van der Waals surface area contributed by atoms with Crippen LogP contribution in [0, 0.1) is 0 Å². The number of nitrogens with one attached hydrogen (secondary N) is 2. The van der Waals surface area contributed by atoms with Crippen LogP contribution in [0.15, 0.2) is 6.07 Å². The topological polar surface area (TPSA) is 59.1 Å². The quantitative estimate of drug-likeness (QED) is 0.858. The van der Waals surface area contributed by atoms with E-state index in [2.05, 4.69) is 55.2 Å². The van der Waals surface area contributed by atoms with Crippen LogP contribution in [0.1, 0.15) is 40.4 Å². The van der Waals surface area contributed by atoms with Crippen LogP contribution >= 0.6 is 0 Å². The summed E-state index contributed by atoms with van der Waals surface area (Å²) < 4.78 is 5.21. The number of nitrogens with zero attached hydrogens (tertiary/aromatic N) is 2. The van der Waals surface area contributed by atoms with Gasteiger partial charge in [0.25, 0.3) is 0 Å². The average molecular weight is 266 g/mol. The lowest BCUT2D eigenvalue weighted by Crippen LogP contribution is -2.36. The molecule has 0 saturated heterocycles. The van der Waals surface area contributed by atoms with Crippen molar-refractivity contribution in [3.05, 3.63) is 11.9 Å². The van der Waals surface area contributed by atoms with Crippen molar-refractivity contribution in [2.45, 2.75) is 45.6 Å². The Hall–Kier alpha value is -1.36. The van der Waals surface area contributed by atoms with E-state index >= 15 is 0 Å². The predicted octanol–water partition coefficient (Wildman–Crippen LogP) is 2.65. The second-order valence-corrected chi connectivity index (χ2v) is 6.40. The molecule has 1 aromatic heterocycles. The Labute approximate surface area is 116 Å². The molecule has 0 unspecified atom stereocenters. The highest BCUT2D eigenvalue weighted by molar-refractivity contribution is 5.49. The maximum atomic E-state index is 5.21. The number of rotatable bonds is 5. The lowest BCUT2D eigenvalue weighted by Gasteiger charge is -2.27. The highest BCUT2D eigenvalue weighted by Crippen LogP contribution is 2.23. The van der Waals surface area contributed by atoms with Crippen molar-refractivity contribution >= 4 is 11.6 Å². The van der Waals surface area contributed by atoms with E-state index in [-0.39, 0.29) is 11.0 Å². The summed E-state index contributed by atoms with van der Waals surface area (Å²) in [6.07, 6.45) is 0. The molecule has 108 valence electrons. The minimum Gasteiger partial charge on any atom is -0.382 e. The number of hydrogen-bond donors (Lipinski definition) is 2. The Kier molecular flexibility index (Phi) is 4.74. The average Bonchev–Trinajstić information content (AvgIpc) is 2.26. The smallest absolute Gasteiger partial charge is 0.138 e. The van der Waals surface area contributed by atoms with E-state index in [1.807, 2.05) is 13.1 Å². The summed E-state index contributed by atoms with van der Waals surface area (Å²) in [7, 11) is 3.56. The van der Waals surface area contributed by atoms with Gasteiger partial charge in [0.2, 0.25) is 0 Å². The van der Waals surface area contributed by atoms with Gasteiger partial charge < -0.3 is 15.4 Å². The van der Waals surface area contributed by atoms with Crippen molar-refractivity contribution < 1.29 is 4.74 Å². The van der Waals surface area contributed by atoms with Crippen molar-refractivity contribution in [2.24, 2.45) is 0 Å². The first-order valence-corrected chi connectivity index (χ1v) is 6.52. The molecule has 0 bridgehead atoms. The molecule has 0 aliphatic carbocycles. The first-order chi connectivity index (χ1) is 8.68. The number of hydrogen-bond acceptors (Lipinski definition) is 5. The fourth-order valence-electron chi connectivity index (χ4n) is 1.72. The summed E-state index contributed by atoms with van der Waals surface area (Å²) in [6, 6.07) is 1.91. The molecule has 19 heavy (non-hydrogen) atoms. The first kappa shape index (κ1) is 15.7. The Bertz CT molecular complexity index is 424. The second kappa shape index (κ2) is 5.74. The molecule has 1 rings (SSSR count). The van der Waals surface area contributed by atoms with Crippen LogP contribution < -0.4 is 10.6 Å². The monoisotopic (exact) mass is 266 g/mol. The zero-order chi connectivity index (χ0) is 14.7. The molecular formula is C14H26N4O. The summed E-state index contributed by atoms with van der Waals surface area (Å²) in [6.45, 7) is 11.1. The third-order valence-electron chi connectivity index (χ3n) is 2.62. The summed E-state index contributed by atoms with van der Waals surface area (Å²) in [4.78, 5) is 9.11. The fourth-order valence-corrected chi connectivity index (χ4v) is 1.72. The lowest BCUT2D eigenvalue weighted by atomic mass is 9.95. The van der Waals surface area contributed by atoms with Gasteiger partial charge in [0.05, 0.1) is 12.1 Å². The largest absolute Gasteiger partial charge is 0.382 e. The molecule has 0 amide bonds. The predicted molar refractivity (Wildman–Crippen MR) is 79.9 cm³/mol. The SMILES string of the molecule is CNc1cc(NC(C)(C)COC)nc(C(C)(C)C)n1. The van der Waals surface area contributed by atoms with Gasteiger partial charge >= 0.3 is 0 Å². The highest BCUT2D eigenvalue weighted by atomic mass is 16.5. The molecule has 0 aromatic carbocycles. The van der Waals surface area contributed by atoms with Crippen molar-refractivity contribution in [3.8, 4) is 0 Å². The molecule has 0 atom stereocenters. The molecule has 0 aliphatic rings. The molecule has 5 nitrogen and oxygen atoms in total. The van der Waals surface area contributed by atoms with Gasteiger partial charge in [0.1, 0.15) is 17.5 Å². The van der Waals surface area contributed by atoms with Gasteiger partial charge in [-0.15, -0.1) is 0 Å². The highest BCUT2D eigenvalue weighted by Gasteiger charge is 2.22. The number of ether oxygens (including phenoxy) is 1. The molecule has 0 radical (unpaired) electrons. The van der Waals surface area contributed by atoms with Gasteiger partial charge in [-0.25, -0.2) is 9.97 Å². The number of methoxy groups -OCH3 is 1. The number of anilines is 2. The maximum Gasteiger partial charge on any atom is 0.138 e.